The molecule has 0 bridgehead atoms. The highest BCUT2D eigenvalue weighted by Crippen LogP contribution is 2.22. The Bertz CT molecular complexity index is 1180. The zero-order valence-corrected chi connectivity index (χ0v) is 19.1. The summed E-state index contributed by atoms with van der Waals surface area (Å²) in [6, 6.07) is 20.1. The van der Waals surface area contributed by atoms with Gasteiger partial charge in [-0.25, -0.2) is 12.8 Å². The molecule has 0 aliphatic heterocycles. The number of carbonyl (C=O) groups is 1. The van der Waals surface area contributed by atoms with Gasteiger partial charge in [0.25, 0.3) is 5.91 Å². The summed E-state index contributed by atoms with van der Waals surface area (Å²) < 4.78 is 39.8. The van der Waals surface area contributed by atoms with Crippen molar-refractivity contribution in [1.29, 1.82) is 0 Å². The first-order valence-corrected chi connectivity index (χ1v) is 11.9. The molecule has 0 fully saturated rings. The van der Waals surface area contributed by atoms with Gasteiger partial charge in [0, 0.05) is 37.5 Å². The van der Waals surface area contributed by atoms with E-state index in [0.29, 0.717) is 17.8 Å². The Labute approximate surface area is 188 Å². The van der Waals surface area contributed by atoms with Crippen molar-refractivity contribution in [2.75, 3.05) is 29.6 Å². The number of halogens is 1. The summed E-state index contributed by atoms with van der Waals surface area (Å²) in [6.45, 7) is 0.233. The van der Waals surface area contributed by atoms with Crippen LogP contribution in [-0.4, -0.2) is 34.7 Å². The normalized spacial score (nSPS) is 11.1. The molecule has 0 aromatic heterocycles. The van der Waals surface area contributed by atoms with E-state index >= 15 is 0 Å². The Morgan fingerprint density at radius 1 is 0.906 bits per heavy atom. The number of amides is 1. The van der Waals surface area contributed by atoms with Crippen LogP contribution in [0.3, 0.4) is 0 Å². The maximum absolute atomic E-state index is 14.0. The molecule has 6 nitrogen and oxygen atoms in total. The van der Waals surface area contributed by atoms with Crippen molar-refractivity contribution in [3.63, 3.8) is 0 Å². The summed E-state index contributed by atoms with van der Waals surface area (Å²) in [4.78, 5) is 14.5. The fourth-order valence-electron chi connectivity index (χ4n) is 3.16. The summed E-state index contributed by atoms with van der Waals surface area (Å²) in [5.41, 5.74) is 3.06. The lowest BCUT2D eigenvalue weighted by Crippen LogP contribution is -2.30. The molecule has 168 valence electrons. The van der Waals surface area contributed by atoms with Crippen molar-refractivity contribution in [2.45, 2.75) is 13.1 Å². The van der Waals surface area contributed by atoms with Gasteiger partial charge in [-0.3, -0.25) is 9.10 Å². The fraction of sp³-hybridized carbons (Fsp3) is 0.208. The van der Waals surface area contributed by atoms with Crippen LogP contribution >= 0.6 is 0 Å². The molecule has 0 heterocycles. The summed E-state index contributed by atoms with van der Waals surface area (Å²) in [5.74, 6) is -0.746. The molecule has 8 heteroatoms. The molecule has 0 saturated heterocycles. The van der Waals surface area contributed by atoms with Crippen LogP contribution in [0.5, 0.6) is 0 Å². The van der Waals surface area contributed by atoms with Crippen molar-refractivity contribution in [3.05, 3.63) is 95.3 Å². The zero-order chi connectivity index (χ0) is 23.3. The van der Waals surface area contributed by atoms with Crippen LogP contribution in [-0.2, 0) is 23.1 Å². The third kappa shape index (κ3) is 5.85. The molecule has 0 spiro atoms. The number of rotatable bonds is 8. The molecule has 0 atom stereocenters. The van der Waals surface area contributed by atoms with Crippen LogP contribution in [0.1, 0.15) is 21.5 Å². The van der Waals surface area contributed by atoms with Crippen molar-refractivity contribution in [2.24, 2.45) is 0 Å². The molecule has 0 aliphatic rings. The van der Waals surface area contributed by atoms with Crippen molar-refractivity contribution < 1.29 is 17.6 Å². The van der Waals surface area contributed by atoms with Gasteiger partial charge in [-0.05, 0) is 48.0 Å². The average Bonchev–Trinajstić information content (AvgIpc) is 2.76. The summed E-state index contributed by atoms with van der Waals surface area (Å²) >= 11 is 0. The number of nitrogens with one attached hydrogen (secondary N) is 1. The molecular weight excluding hydrogens is 429 g/mol. The molecule has 1 N–H and O–H groups in total. The molecule has 0 unspecified atom stereocenters. The van der Waals surface area contributed by atoms with Crippen LogP contribution in [0, 0.1) is 5.82 Å². The molecule has 0 saturated carbocycles. The molecule has 1 amide bonds. The summed E-state index contributed by atoms with van der Waals surface area (Å²) in [6.07, 6.45) is 1.07. The first kappa shape index (κ1) is 23.3. The van der Waals surface area contributed by atoms with Crippen LogP contribution in [0.15, 0.2) is 72.8 Å². The number of hydrogen-bond donors (Lipinski definition) is 1. The molecule has 32 heavy (non-hydrogen) atoms. The summed E-state index contributed by atoms with van der Waals surface area (Å²) in [7, 11) is 0.261. The topological polar surface area (TPSA) is 69.7 Å². The average molecular weight is 456 g/mol. The Kier molecular flexibility index (Phi) is 7.15. The Morgan fingerprint density at radius 3 is 2.06 bits per heavy atom. The van der Waals surface area contributed by atoms with Gasteiger partial charge in [-0.15, -0.1) is 0 Å². The van der Waals surface area contributed by atoms with Gasteiger partial charge in [0.15, 0.2) is 0 Å². The van der Waals surface area contributed by atoms with Gasteiger partial charge in [-0.2, -0.15) is 0 Å². The highest BCUT2D eigenvalue weighted by molar-refractivity contribution is 7.92. The van der Waals surface area contributed by atoms with Crippen molar-refractivity contribution in [1.82, 2.24) is 5.32 Å². The predicted octanol–water partition coefficient (Wildman–Crippen LogP) is 3.79. The quantitative estimate of drug-likeness (QED) is 0.561. The minimum absolute atomic E-state index is 0.139. The number of benzene rings is 3. The van der Waals surface area contributed by atoms with E-state index in [1.807, 2.05) is 43.3 Å². The second kappa shape index (κ2) is 9.82. The van der Waals surface area contributed by atoms with E-state index in [0.717, 1.165) is 21.8 Å². The molecule has 0 radical (unpaired) electrons. The Hall–Kier alpha value is -3.39. The van der Waals surface area contributed by atoms with Crippen LogP contribution in [0.25, 0.3) is 0 Å². The molecule has 3 rings (SSSR count). The third-order valence-corrected chi connectivity index (χ3v) is 6.14. The van der Waals surface area contributed by atoms with Crippen LogP contribution < -0.4 is 14.5 Å². The molecule has 3 aromatic carbocycles. The van der Waals surface area contributed by atoms with Gasteiger partial charge in [-0.1, -0.05) is 30.3 Å². The lowest BCUT2D eigenvalue weighted by atomic mass is 10.1. The SMILES string of the molecule is CN(C)c1ccc(CNC(=O)c2ccc(N(Cc3ccccc3F)S(C)(=O)=O)cc2)cc1. The summed E-state index contributed by atoms with van der Waals surface area (Å²) in [5, 5.41) is 2.86. The first-order valence-electron chi connectivity index (χ1n) is 10.0. The number of hydrogen-bond acceptors (Lipinski definition) is 4. The van der Waals surface area contributed by atoms with Gasteiger partial charge >= 0.3 is 0 Å². The lowest BCUT2D eigenvalue weighted by molar-refractivity contribution is 0.0951. The molecule has 0 aliphatic carbocycles. The number of nitrogens with zero attached hydrogens (tertiary/aromatic N) is 2. The van der Waals surface area contributed by atoms with E-state index in [-0.39, 0.29) is 18.0 Å². The van der Waals surface area contributed by atoms with Crippen LogP contribution in [0.4, 0.5) is 15.8 Å². The monoisotopic (exact) mass is 455 g/mol. The van der Waals surface area contributed by atoms with E-state index in [1.54, 1.807) is 42.5 Å². The van der Waals surface area contributed by atoms with Gasteiger partial charge < -0.3 is 10.2 Å². The Balaban J connectivity index is 1.70. The first-order chi connectivity index (χ1) is 15.1. The molecule has 3 aromatic rings. The zero-order valence-electron chi connectivity index (χ0n) is 18.2. The van der Waals surface area contributed by atoms with E-state index in [2.05, 4.69) is 5.32 Å². The number of sulfonamides is 1. The fourth-order valence-corrected chi connectivity index (χ4v) is 4.04. The third-order valence-electron chi connectivity index (χ3n) is 5.00. The minimum atomic E-state index is -3.66. The Morgan fingerprint density at radius 2 is 1.50 bits per heavy atom. The highest BCUT2D eigenvalue weighted by atomic mass is 32.2. The van der Waals surface area contributed by atoms with Crippen molar-refractivity contribution >= 4 is 27.3 Å². The maximum Gasteiger partial charge on any atom is 0.251 e. The van der Waals surface area contributed by atoms with Gasteiger partial charge in [0.1, 0.15) is 5.82 Å². The predicted molar refractivity (Wildman–Crippen MR) is 126 cm³/mol. The van der Waals surface area contributed by atoms with Crippen LogP contribution in [0.2, 0.25) is 0 Å². The van der Waals surface area contributed by atoms with E-state index in [1.165, 1.54) is 6.07 Å². The molecular formula is C24H26FN3O3S. The number of anilines is 2. The second-order valence-corrected chi connectivity index (χ2v) is 9.56. The maximum atomic E-state index is 14.0. The largest absolute Gasteiger partial charge is 0.378 e. The number of carbonyl (C=O) groups excluding carboxylic acids is 1. The smallest absolute Gasteiger partial charge is 0.251 e. The van der Waals surface area contributed by atoms with E-state index in [4.69, 9.17) is 0 Å². The van der Waals surface area contributed by atoms with Gasteiger partial charge in [0.05, 0.1) is 18.5 Å². The standard InChI is InChI=1S/C24H26FN3O3S/c1-27(2)21-12-8-18(9-13-21)16-26-24(29)19-10-14-22(15-11-19)28(32(3,30)31)17-20-6-4-5-7-23(20)25/h4-15H,16-17H2,1-3H3,(H,26,29). The van der Waals surface area contributed by atoms with Crippen molar-refractivity contribution in [3.8, 4) is 0 Å². The highest BCUT2D eigenvalue weighted by Gasteiger charge is 2.20. The van der Waals surface area contributed by atoms with E-state index < -0.39 is 15.8 Å². The van der Waals surface area contributed by atoms with Gasteiger partial charge in [0.2, 0.25) is 10.0 Å². The second-order valence-electron chi connectivity index (χ2n) is 7.65. The van der Waals surface area contributed by atoms with E-state index in [9.17, 15) is 17.6 Å². The minimum Gasteiger partial charge on any atom is -0.378 e. The lowest BCUT2D eigenvalue weighted by Gasteiger charge is -2.23.